The van der Waals surface area contributed by atoms with Gasteiger partial charge < -0.3 is 15.4 Å². The van der Waals surface area contributed by atoms with Gasteiger partial charge in [-0.1, -0.05) is 30.3 Å². The number of rotatable bonds is 7. The Kier molecular flexibility index (Phi) is 5.85. The van der Waals surface area contributed by atoms with Crippen molar-refractivity contribution in [3.63, 3.8) is 0 Å². The smallest absolute Gasteiger partial charge is 0.319 e. The Hall–Kier alpha value is -2.74. The van der Waals surface area contributed by atoms with E-state index in [0.717, 1.165) is 11.3 Å². The minimum absolute atomic E-state index is 0.0175. The standard InChI is InChI=1S/C19H23N3O4S/c1-2-26-18-10-6-4-8-16(18)21-19(23)20-12-14-27(24,25)22-13-11-15-7-3-5-9-17(15)22/h3-10H,2,11-14H2,1H3,(H2,20,21,23). The lowest BCUT2D eigenvalue weighted by Gasteiger charge is -2.19. The fourth-order valence-corrected chi connectivity index (χ4v) is 4.45. The number of benzene rings is 2. The van der Waals surface area contributed by atoms with Crippen LogP contribution in [-0.2, 0) is 16.4 Å². The highest BCUT2D eigenvalue weighted by Crippen LogP contribution is 2.29. The summed E-state index contributed by atoms with van der Waals surface area (Å²) in [5, 5.41) is 5.28. The summed E-state index contributed by atoms with van der Waals surface area (Å²) in [7, 11) is -3.49. The van der Waals surface area contributed by atoms with Gasteiger partial charge in [-0.2, -0.15) is 0 Å². The zero-order chi connectivity index (χ0) is 19.3. The molecule has 2 N–H and O–H groups in total. The first-order valence-corrected chi connectivity index (χ1v) is 10.5. The van der Waals surface area contributed by atoms with E-state index in [2.05, 4.69) is 10.6 Å². The van der Waals surface area contributed by atoms with Gasteiger partial charge in [0, 0.05) is 13.1 Å². The van der Waals surface area contributed by atoms with E-state index in [9.17, 15) is 13.2 Å². The summed E-state index contributed by atoms with van der Waals surface area (Å²) in [5.41, 5.74) is 2.29. The largest absolute Gasteiger partial charge is 0.492 e. The highest BCUT2D eigenvalue weighted by molar-refractivity contribution is 7.92. The van der Waals surface area contributed by atoms with Crippen molar-refractivity contribution in [1.82, 2.24) is 5.32 Å². The van der Waals surface area contributed by atoms with Crippen LogP contribution >= 0.6 is 0 Å². The fraction of sp³-hybridized carbons (Fsp3) is 0.316. The van der Waals surface area contributed by atoms with Gasteiger partial charge in [0.2, 0.25) is 10.0 Å². The number of ether oxygens (including phenoxy) is 1. The average Bonchev–Trinajstić information content (AvgIpc) is 3.08. The number of hydrogen-bond acceptors (Lipinski definition) is 4. The minimum Gasteiger partial charge on any atom is -0.492 e. The number of hydrogen-bond donors (Lipinski definition) is 2. The van der Waals surface area contributed by atoms with Gasteiger partial charge in [-0.25, -0.2) is 13.2 Å². The number of sulfonamides is 1. The molecule has 2 aromatic carbocycles. The van der Waals surface area contributed by atoms with Crippen molar-refractivity contribution < 1.29 is 17.9 Å². The molecule has 0 spiro atoms. The predicted molar refractivity (Wildman–Crippen MR) is 106 cm³/mol. The van der Waals surface area contributed by atoms with Gasteiger partial charge in [-0.3, -0.25) is 4.31 Å². The van der Waals surface area contributed by atoms with Gasteiger partial charge >= 0.3 is 6.03 Å². The zero-order valence-corrected chi connectivity index (χ0v) is 16.0. The molecule has 2 aromatic rings. The fourth-order valence-electron chi connectivity index (χ4n) is 3.02. The number of carbonyl (C=O) groups excluding carboxylic acids is 1. The molecule has 1 heterocycles. The second kappa shape index (κ2) is 8.30. The molecule has 8 heteroatoms. The van der Waals surface area contributed by atoms with E-state index in [4.69, 9.17) is 4.74 Å². The van der Waals surface area contributed by atoms with Gasteiger partial charge in [-0.05, 0) is 37.1 Å². The maximum atomic E-state index is 12.6. The van der Waals surface area contributed by atoms with Gasteiger partial charge in [0.25, 0.3) is 0 Å². The SMILES string of the molecule is CCOc1ccccc1NC(=O)NCCS(=O)(=O)N1CCc2ccccc21. The van der Waals surface area contributed by atoms with Crippen LogP contribution in [0.4, 0.5) is 16.2 Å². The molecule has 0 saturated carbocycles. The molecule has 1 aliphatic heterocycles. The second-order valence-corrected chi connectivity index (χ2v) is 8.09. The molecular formula is C19H23N3O4S. The maximum absolute atomic E-state index is 12.6. The number of anilines is 2. The van der Waals surface area contributed by atoms with Crippen LogP contribution in [0.15, 0.2) is 48.5 Å². The molecule has 0 radical (unpaired) electrons. The summed E-state index contributed by atoms with van der Waals surface area (Å²) in [4.78, 5) is 12.1. The molecule has 0 aliphatic carbocycles. The third-order valence-corrected chi connectivity index (χ3v) is 6.03. The van der Waals surface area contributed by atoms with Crippen LogP contribution < -0.4 is 19.7 Å². The first kappa shape index (κ1) is 19.0. The number of nitrogens with zero attached hydrogens (tertiary/aromatic N) is 1. The summed E-state index contributed by atoms with van der Waals surface area (Å²) in [5.74, 6) is 0.401. The van der Waals surface area contributed by atoms with E-state index in [1.54, 1.807) is 18.2 Å². The molecule has 0 aromatic heterocycles. The second-order valence-electron chi connectivity index (χ2n) is 6.08. The van der Waals surface area contributed by atoms with Crippen LogP contribution in [0.1, 0.15) is 12.5 Å². The Morgan fingerprint density at radius 3 is 2.70 bits per heavy atom. The lowest BCUT2D eigenvalue weighted by atomic mass is 10.2. The van der Waals surface area contributed by atoms with Crippen molar-refractivity contribution in [2.45, 2.75) is 13.3 Å². The molecule has 7 nitrogen and oxygen atoms in total. The van der Waals surface area contributed by atoms with E-state index < -0.39 is 16.1 Å². The zero-order valence-electron chi connectivity index (χ0n) is 15.1. The Bertz CT molecular complexity index is 915. The first-order chi connectivity index (χ1) is 13.0. The van der Waals surface area contributed by atoms with Gasteiger partial charge in [0.1, 0.15) is 5.75 Å². The van der Waals surface area contributed by atoms with Crippen molar-refractivity contribution in [3.05, 3.63) is 54.1 Å². The van der Waals surface area contributed by atoms with E-state index in [-0.39, 0.29) is 12.3 Å². The summed E-state index contributed by atoms with van der Waals surface area (Å²) >= 11 is 0. The van der Waals surface area contributed by atoms with Crippen molar-refractivity contribution >= 4 is 27.4 Å². The molecule has 0 saturated heterocycles. The van der Waals surface area contributed by atoms with Crippen LogP contribution in [0, 0.1) is 0 Å². The molecule has 0 atom stereocenters. The summed E-state index contributed by atoms with van der Waals surface area (Å²) in [6, 6.07) is 14.1. The van der Waals surface area contributed by atoms with Crippen LogP contribution in [0.5, 0.6) is 5.75 Å². The van der Waals surface area contributed by atoms with Crippen LogP contribution in [-0.4, -0.2) is 39.9 Å². The van der Waals surface area contributed by atoms with Gasteiger partial charge in [0.15, 0.2) is 0 Å². The van der Waals surface area contributed by atoms with E-state index in [1.807, 2.05) is 37.3 Å². The number of amides is 2. The van der Waals surface area contributed by atoms with Crippen LogP contribution in [0.2, 0.25) is 0 Å². The molecule has 1 aliphatic rings. The summed E-state index contributed by atoms with van der Waals surface area (Å²) < 4.78 is 32.1. The number of nitrogens with one attached hydrogen (secondary N) is 2. The van der Waals surface area contributed by atoms with Crippen molar-refractivity contribution in [2.75, 3.05) is 35.1 Å². The van der Waals surface area contributed by atoms with Crippen molar-refractivity contribution in [1.29, 1.82) is 0 Å². The molecule has 0 fully saturated rings. The lowest BCUT2D eigenvalue weighted by Crippen LogP contribution is -2.38. The molecule has 144 valence electrons. The maximum Gasteiger partial charge on any atom is 0.319 e. The minimum atomic E-state index is -3.49. The predicted octanol–water partition coefficient (Wildman–Crippen LogP) is 2.60. The molecular weight excluding hydrogens is 366 g/mol. The normalized spacial score (nSPS) is 13.1. The number of carbonyl (C=O) groups is 1. The quantitative estimate of drug-likeness (QED) is 0.762. The van der Waals surface area contributed by atoms with Crippen molar-refractivity contribution in [3.8, 4) is 5.75 Å². The van der Waals surface area contributed by atoms with Crippen molar-refractivity contribution in [2.24, 2.45) is 0 Å². The highest BCUT2D eigenvalue weighted by Gasteiger charge is 2.28. The topological polar surface area (TPSA) is 87.7 Å². The molecule has 0 unspecified atom stereocenters. The molecule has 2 amide bonds. The van der Waals surface area contributed by atoms with Gasteiger partial charge in [-0.15, -0.1) is 0 Å². The van der Waals surface area contributed by atoms with Crippen LogP contribution in [0.3, 0.4) is 0 Å². The Labute approximate surface area is 159 Å². The third-order valence-electron chi connectivity index (χ3n) is 4.26. The third kappa shape index (κ3) is 4.51. The Morgan fingerprint density at radius 1 is 1.15 bits per heavy atom. The molecule has 0 bridgehead atoms. The number of fused-ring (bicyclic) bond motifs is 1. The highest BCUT2D eigenvalue weighted by atomic mass is 32.2. The Balaban J connectivity index is 1.55. The monoisotopic (exact) mass is 389 g/mol. The molecule has 27 heavy (non-hydrogen) atoms. The first-order valence-electron chi connectivity index (χ1n) is 8.86. The van der Waals surface area contributed by atoms with Crippen LogP contribution in [0.25, 0.3) is 0 Å². The van der Waals surface area contributed by atoms with Gasteiger partial charge in [0.05, 0.1) is 23.7 Å². The molecule has 3 rings (SSSR count). The average molecular weight is 389 g/mol. The summed E-state index contributed by atoms with van der Waals surface area (Å²) in [6.07, 6.45) is 0.706. The lowest BCUT2D eigenvalue weighted by molar-refractivity contribution is 0.252. The van der Waals surface area contributed by atoms with E-state index in [0.29, 0.717) is 31.0 Å². The van der Waals surface area contributed by atoms with E-state index >= 15 is 0 Å². The number of para-hydroxylation sites is 3. The summed E-state index contributed by atoms with van der Waals surface area (Å²) in [6.45, 7) is 2.80. The Morgan fingerprint density at radius 2 is 1.89 bits per heavy atom. The number of urea groups is 1. The van der Waals surface area contributed by atoms with E-state index in [1.165, 1.54) is 4.31 Å².